The van der Waals surface area contributed by atoms with Crippen molar-refractivity contribution in [1.29, 1.82) is 0 Å². The summed E-state index contributed by atoms with van der Waals surface area (Å²) in [5.41, 5.74) is 0.491. The topological polar surface area (TPSA) is 93.3 Å². The van der Waals surface area contributed by atoms with Crippen molar-refractivity contribution >= 4 is 6.09 Å². The van der Waals surface area contributed by atoms with Gasteiger partial charge in [0.1, 0.15) is 12.4 Å². The molecular weight excluding hydrogens is 274 g/mol. The Morgan fingerprint density at radius 1 is 1.33 bits per heavy atom. The predicted molar refractivity (Wildman–Crippen MR) is 74.9 cm³/mol. The fourth-order valence-electron chi connectivity index (χ4n) is 1.59. The molecule has 0 aliphatic rings. The normalized spacial score (nSPS) is 9.95. The molecule has 110 valence electrons. The van der Waals surface area contributed by atoms with Gasteiger partial charge in [0.05, 0.1) is 19.9 Å². The van der Waals surface area contributed by atoms with Crippen LogP contribution in [0.15, 0.2) is 41.3 Å². The second kappa shape index (κ2) is 7.09. The van der Waals surface area contributed by atoms with Crippen molar-refractivity contribution in [3.8, 4) is 5.75 Å². The highest BCUT2D eigenvalue weighted by Crippen LogP contribution is 2.01. The molecule has 0 spiro atoms. The van der Waals surface area contributed by atoms with Crippen LogP contribution in [0.25, 0.3) is 0 Å². The third-order valence-corrected chi connectivity index (χ3v) is 2.65. The molecule has 0 saturated heterocycles. The van der Waals surface area contributed by atoms with Crippen LogP contribution in [-0.4, -0.2) is 23.2 Å². The third kappa shape index (κ3) is 4.34. The molecule has 7 nitrogen and oxygen atoms in total. The molecule has 1 amide bonds. The highest BCUT2D eigenvalue weighted by molar-refractivity contribution is 5.67. The lowest BCUT2D eigenvalue weighted by Gasteiger charge is -2.07. The van der Waals surface area contributed by atoms with E-state index in [1.165, 1.54) is 13.3 Å². The second-order valence-electron chi connectivity index (χ2n) is 4.14. The zero-order valence-corrected chi connectivity index (χ0v) is 11.5. The number of carbonyl (C=O) groups is 1. The van der Waals surface area contributed by atoms with Crippen LogP contribution in [0.4, 0.5) is 4.79 Å². The number of amides is 1. The Bertz CT molecular complexity index is 655. The molecule has 21 heavy (non-hydrogen) atoms. The molecule has 2 rings (SSSR count). The number of hydrogen-bond donors (Lipinski definition) is 2. The van der Waals surface area contributed by atoms with E-state index >= 15 is 0 Å². The van der Waals surface area contributed by atoms with Crippen molar-refractivity contribution in [2.24, 2.45) is 0 Å². The smallest absolute Gasteiger partial charge is 0.407 e. The Kier molecular flexibility index (Phi) is 4.92. The van der Waals surface area contributed by atoms with E-state index in [0.717, 1.165) is 5.56 Å². The van der Waals surface area contributed by atoms with E-state index in [4.69, 9.17) is 9.47 Å². The summed E-state index contributed by atoms with van der Waals surface area (Å²) in [4.78, 5) is 29.4. The standard InChI is InChI=1S/C14H15N3O4/c1-20-11-7-15-12(17-13(11)18)8-16-14(19)21-9-10-5-3-2-4-6-10/h2-7H,8-9H2,1H3,(H,16,19)(H,15,17,18). The average molecular weight is 289 g/mol. The Balaban J connectivity index is 1.81. The van der Waals surface area contributed by atoms with E-state index in [1.54, 1.807) is 0 Å². The number of nitrogens with one attached hydrogen (secondary N) is 2. The zero-order valence-electron chi connectivity index (χ0n) is 11.5. The number of aromatic nitrogens is 2. The van der Waals surface area contributed by atoms with Crippen LogP contribution in [0.3, 0.4) is 0 Å². The Labute approximate surface area is 120 Å². The predicted octanol–water partition coefficient (Wildman–Crippen LogP) is 1.20. The Morgan fingerprint density at radius 2 is 2.10 bits per heavy atom. The Hall–Kier alpha value is -2.83. The van der Waals surface area contributed by atoms with Crippen LogP contribution < -0.4 is 15.6 Å². The maximum absolute atomic E-state index is 11.5. The molecule has 2 N–H and O–H groups in total. The Morgan fingerprint density at radius 3 is 2.76 bits per heavy atom. The van der Waals surface area contributed by atoms with Crippen molar-refractivity contribution < 1.29 is 14.3 Å². The molecule has 1 aromatic heterocycles. The highest BCUT2D eigenvalue weighted by Gasteiger charge is 2.05. The molecule has 0 aliphatic carbocycles. The molecule has 0 radical (unpaired) electrons. The fraction of sp³-hybridized carbons (Fsp3) is 0.214. The molecule has 0 fully saturated rings. The van der Waals surface area contributed by atoms with Gasteiger partial charge in [-0.15, -0.1) is 0 Å². The molecule has 0 aliphatic heterocycles. The summed E-state index contributed by atoms with van der Waals surface area (Å²) in [6.45, 7) is 0.242. The minimum absolute atomic E-state index is 0.0624. The van der Waals surface area contributed by atoms with Gasteiger partial charge in [0.2, 0.25) is 5.75 Å². The third-order valence-electron chi connectivity index (χ3n) is 2.65. The summed E-state index contributed by atoms with van der Waals surface area (Å²) in [7, 11) is 1.38. The van der Waals surface area contributed by atoms with Gasteiger partial charge in [0.25, 0.3) is 5.56 Å². The molecular formula is C14H15N3O4. The number of rotatable bonds is 5. The van der Waals surface area contributed by atoms with E-state index in [9.17, 15) is 9.59 Å². The first-order valence-electron chi connectivity index (χ1n) is 6.26. The zero-order chi connectivity index (χ0) is 15.1. The fourth-order valence-corrected chi connectivity index (χ4v) is 1.59. The van der Waals surface area contributed by atoms with Gasteiger partial charge in [-0.25, -0.2) is 9.78 Å². The van der Waals surface area contributed by atoms with E-state index in [1.807, 2.05) is 30.3 Å². The van der Waals surface area contributed by atoms with Crippen molar-refractivity contribution in [2.45, 2.75) is 13.2 Å². The van der Waals surface area contributed by atoms with Crippen molar-refractivity contribution in [3.63, 3.8) is 0 Å². The summed E-state index contributed by atoms with van der Waals surface area (Å²) in [5.74, 6) is 0.433. The summed E-state index contributed by atoms with van der Waals surface area (Å²) >= 11 is 0. The van der Waals surface area contributed by atoms with Crippen molar-refractivity contribution in [1.82, 2.24) is 15.3 Å². The van der Waals surface area contributed by atoms with Gasteiger partial charge in [0.15, 0.2) is 0 Å². The number of carbonyl (C=O) groups excluding carboxylic acids is 1. The van der Waals surface area contributed by atoms with Crippen LogP contribution in [0.5, 0.6) is 5.75 Å². The van der Waals surface area contributed by atoms with Crippen LogP contribution >= 0.6 is 0 Å². The number of benzene rings is 1. The molecule has 0 unspecified atom stereocenters. The molecule has 1 heterocycles. The first-order chi connectivity index (χ1) is 10.2. The maximum atomic E-state index is 11.5. The molecule has 2 aromatic rings. The average Bonchev–Trinajstić information content (AvgIpc) is 2.52. The first-order valence-corrected chi connectivity index (χ1v) is 6.26. The minimum atomic E-state index is -0.586. The number of methoxy groups -OCH3 is 1. The quantitative estimate of drug-likeness (QED) is 0.862. The molecule has 7 heteroatoms. The van der Waals surface area contributed by atoms with Crippen LogP contribution in [0, 0.1) is 0 Å². The molecule has 0 bridgehead atoms. The van der Waals surface area contributed by atoms with Crippen molar-refractivity contribution in [2.75, 3.05) is 7.11 Å². The van der Waals surface area contributed by atoms with Crippen LogP contribution in [0.2, 0.25) is 0 Å². The lowest BCUT2D eigenvalue weighted by Crippen LogP contribution is -2.26. The summed E-state index contributed by atoms with van der Waals surface area (Å²) in [6.07, 6.45) is 0.711. The number of alkyl carbamates (subject to hydrolysis) is 1. The van der Waals surface area contributed by atoms with Gasteiger partial charge in [-0.05, 0) is 5.56 Å². The SMILES string of the molecule is COc1cnc(CNC(=O)OCc2ccccc2)[nH]c1=O. The summed E-state index contributed by atoms with van der Waals surface area (Å²) in [6, 6.07) is 9.33. The first kappa shape index (κ1) is 14.6. The van der Waals surface area contributed by atoms with E-state index in [0.29, 0.717) is 5.82 Å². The minimum Gasteiger partial charge on any atom is -0.490 e. The monoisotopic (exact) mass is 289 g/mol. The van der Waals surface area contributed by atoms with Crippen LogP contribution in [-0.2, 0) is 17.9 Å². The molecule has 1 aromatic carbocycles. The maximum Gasteiger partial charge on any atom is 0.407 e. The lowest BCUT2D eigenvalue weighted by atomic mass is 10.2. The van der Waals surface area contributed by atoms with Gasteiger partial charge in [-0.2, -0.15) is 0 Å². The van der Waals surface area contributed by atoms with Gasteiger partial charge in [-0.1, -0.05) is 30.3 Å². The summed E-state index contributed by atoms with van der Waals surface area (Å²) < 4.78 is 9.83. The van der Waals surface area contributed by atoms with Gasteiger partial charge < -0.3 is 19.8 Å². The van der Waals surface area contributed by atoms with Gasteiger partial charge in [-0.3, -0.25) is 4.79 Å². The number of ether oxygens (including phenoxy) is 2. The molecule has 0 saturated carbocycles. The van der Waals surface area contributed by atoms with E-state index in [2.05, 4.69) is 15.3 Å². The lowest BCUT2D eigenvalue weighted by molar-refractivity contribution is 0.139. The van der Waals surface area contributed by atoms with Crippen LogP contribution in [0.1, 0.15) is 11.4 Å². The largest absolute Gasteiger partial charge is 0.490 e. The number of aromatic amines is 1. The molecule has 0 atom stereocenters. The van der Waals surface area contributed by atoms with Crippen molar-refractivity contribution in [3.05, 3.63) is 58.3 Å². The summed E-state index contributed by atoms with van der Waals surface area (Å²) in [5, 5.41) is 2.50. The van der Waals surface area contributed by atoms with E-state index < -0.39 is 11.7 Å². The second-order valence-corrected chi connectivity index (χ2v) is 4.14. The van der Waals surface area contributed by atoms with Gasteiger partial charge in [0, 0.05) is 0 Å². The number of hydrogen-bond acceptors (Lipinski definition) is 5. The van der Waals surface area contributed by atoms with E-state index in [-0.39, 0.29) is 18.9 Å². The van der Waals surface area contributed by atoms with Gasteiger partial charge >= 0.3 is 6.09 Å². The number of nitrogens with zero attached hydrogens (tertiary/aromatic N) is 1. The number of H-pyrrole nitrogens is 1. The highest BCUT2D eigenvalue weighted by atomic mass is 16.5.